The molecule has 1 aliphatic carbocycles. The van der Waals surface area contributed by atoms with Gasteiger partial charge in [0.05, 0.1) is 12.1 Å². The summed E-state index contributed by atoms with van der Waals surface area (Å²) in [4.78, 5) is 13.7. The Morgan fingerprint density at radius 3 is 2.59 bits per heavy atom. The Kier molecular flexibility index (Phi) is 3.08. The summed E-state index contributed by atoms with van der Waals surface area (Å²) >= 11 is 0. The Hall–Kier alpha value is -0.810. The normalized spacial score (nSPS) is 37.1. The number of nitrogens with zero attached hydrogens (tertiary/aromatic N) is 1. The number of amides is 1. The first-order valence-corrected chi connectivity index (χ1v) is 6.23. The van der Waals surface area contributed by atoms with Crippen molar-refractivity contribution in [1.29, 1.82) is 0 Å². The molecule has 5 heteroatoms. The lowest BCUT2D eigenvalue weighted by Gasteiger charge is -2.51. The largest absolute Gasteiger partial charge is 0.444 e. The summed E-state index contributed by atoms with van der Waals surface area (Å²) in [5.41, 5.74) is 5.43. The van der Waals surface area contributed by atoms with E-state index in [0.717, 1.165) is 12.8 Å². The SMILES string of the molecule is CC(C)(C)OC(=O)N1CC2CCC1C(O)C2N. The maximum absolute atomic E-state index is 12.0. The second-order valence-electron chi connectivity index (χ2n) is 6.11. The van der Waals surface area contributed by atoms with E-state index in [1.165, 1.54) is 0 Å². The van der Waals surface area contributed by atoms with E-state index in [1.54, 1.807) is 4.90 Å². The van der Waals surface area contributed by atoms with Crippen molar-refractivity contribution >= 4 is 6.09 Å². The average Bonchev–Trinajstić information content (AvgIpc) is 2.22. The highest BCUT2D eigenvalue weighted by Crippen LogP contribution is 2.35. The maximum Gasteiger partial charge on any atom is 0.410 e. The summed E-state index contributed by atoms with van der Waals surface area (Å²) in [6, 6.07) is -0.378. The molecule has 4 unspecified atom stereocenters. The maximum atomic E-state index is 12.0. The molecule has 17 heavy (non-hydrogen) atoms. The van der Waals surface area contributed by atoms with E-state index in [1.807, 2.05) is 20.8 Å². The van der Waals surface area contributed by atoms with Crippen molar-refractivity contribution < 1.29 is 14.6 Å². The van der Waals surface area contributed by atoms with Crippen molar-refractivity contribution in [3.63, 3.8) is 0 Å². The Bertz CT molecular complexity index is 311. The molecule has 2 saturated heterocycles. The van der Waals surface area contributed by atoms with E-state index in [0.29, 0.717) is 6.54 Å². The van der Waals surface area contributed by atoms with E-state index in [-0.39, 0.29) is 24.1 Å². The molecule has 0 spiro atoms. The zero-order valence-corrected chi connectivity index (χ0v) is 10.7. The number of fused-ring (bicyclic) bond motifs is 3. The molecule has 1 amide bonds. The highest BCUT2D eigenvalue weighted by atomic mass is 16.6. The zero-order valence-electron chi connectivity index (χ0n) is 10.7. The molecule has 3 rings (SSSR count). The van der Waals surface area contributed by atoms with E-state index in [2.05, 4.69) is 0 Å². The number of carbonyl (C=O) groups excluding carboxylic acids is 1. The summed E-state index contributed by atoms with van der Waals surface area (Å²) in [6.45, 7) is 6.14. The van der Waals surface area contributed by atoms with Gasteiger partial charge in [-0.15, -0.1) is 0 Å². The lowest BCUT2D eigenvalue weighted by Crippen LogP contribution is -2.66. The zero-order chi connectivity index (χ0) is 12.8. The third-order valence-electron chi connectivity index (χ3n) is 3.63. The van der Waals surface area contributed by atoms with Gasteiger partial charge in [0.1, 0.15) is 5.60 Å². The van der Waals surface area contributed by atoms with Crippen molar-refractivity contribution in [1.82, 2.24) is 4.90 Å². The highest BCUT2D eigenvalue weighted by Gasteiger charge is 2.48. The number of aliphatic hydroxyl groups is 1. The van der Waals surface area contributed by atoms with Crippen LogP contribution in [-0.2, 0) is 4.74 Å². The number of hydrogen-bond acceptors (Lipinski definition) is 4. The van der Waals surface area contributed by atoms with Crippen LogP contribution in [0.5, 0.6) is 0 Å². The van der Waals surface area contributed by atoms with E-state index in [9.17, 15) is 9.90 Å². The van der Waals surface area contributed by atoms with Gasteiger partial charge in [0.2, 0.25) is 0 Å². The van der Waals surface area contributed by atoms with Crippen molar-refractivity contribution in [2.75, 3.05) is 6.54 Å². The van der Waals surface area contributed by atoms with E-state index >= 15 is 0 Å². The first kappa shape index (κ1) is 12.6. The van der Waals surface area contributed by atoms with Crippen LogP contribution in [0.1, 0.15) is 33.6 Å². The van der Waals surface area contributed by atoms with E-state index in [4.69, 9.17) is 10.5 Å². The molecular formula is C12H22N2O3. The fourth-order valence-electron chi connectivity index (χ4n) is 2.76. The quantitative estimate of drug-likeness (QED) is 0.656. The van der Waals surface area contributed by atoms with Gasteiger partial charge in [-0.3, -0.25) is 0 Å². The second-order valence-corrected chi connectivity index (χ2v) is 6.11. The standard InChI is InChI=1S/C12H22N2O3/c1-12(2,3)17-11(16)14-6-7-4-5-8(14)10(15)9(7)13/h7-10,15H,4-6,13H2,1-3H3. The summed E-state index contributed by atoms with van der Waals surface area (Å²) < 4.78 is 5.35. The molecular weight excluding hydrogens is 220 g/mol. The number of carbonyl (C=O) groups is 1. The molecule has 0 radical (unpaired) electrons. The van der Waals surface area contributed by atoms with Crippen LogP contribution in [0.15, 0.2) is 0 Å². The van der Waals surface area contributed by atoms with Crippen LogP contribution in [0.3, 0.4) is 0 Å². The molecule has 5 nitrogen and oxygen atoms in total. The Labute approximate surface area is 102 Å². The van der Waals surface area contributed by atoms with Crippen molar-refractivity contribution in [3.8, 4) is 0 Å². The van der Waals surface area contributed by atoms with Crippen LogP contribution in [0.4, 0.5) is 4.79 Å². The van der Waals surface area contributed by atoms with E-state index < -0.39 is 11.7 Å². The smallest absolute Gasteiger partial charge is 0.410 e. The summed E-state index contributed by atoms with van der Waals surface area (Å²) in [5, 5.41) is 10.0. The summed E-state index contributed by atoms with van der Waals surface area (Å²) in [7, 11) is 0. The van der Waals surface area contributed by atoms with Gasteiger partial charge in [-0.2, -0.15) is 0 Å². The minimum Gasteiger partial charge on any atom is -0.444 e. The molecule has 2 aliphatic heterocycles. The van der Waals surface area contributed by atoms with Crippen molar-refractivity contribution in [2.45, 2.75) is 57.4 Å². The van der Waals surface area contributed by atoms with Gasteiger partial charge in [0.15, 0.2) is 0 Å². The third kappa shape index (κ3) is 2.40. The number of hydrogen-bond donors (Lipinski definition) is 2. The molecule has 4 atom stereocenters. The summed E-state index contributed by atoms with van der Waals surface area (Å²) in [6.07, 6.45) is 0.856. The van der Waals surface area contributed by atoms with Gasteiger partial charge in [-0.1, -0.05) is 0 Å². The van der Waals surface area contributed by atoms with Crippen molar-refractivity contribution in [2.24, 2.45) is 11.7 Å². The molecule has 2 heterocycles. The predicted molar refractivity (Wildman–Crippen MR) is 63.4 cm³/mol. The fourth-order valence-corrected chi connectivity index (χ4v) is 2.76. The van der Waals surface area contributed by atoms with Gasteiger partial charge >= 0.3 is 6.09 Å². The Morgan fingerprint density at radius 1 is 1.41 bits per heavy atom. The monoisotopic (exact) mass is 242 g/mol. The minimum atomic E-state index is -0.616. The molecule has 0 aromatic carbocycles. The second kappa shape index (κ2) is 4.14. The first-order chi connectivity index (χ1) is 7.79. The number of aliphatic hydroxyl groups excluding tert-OH is 1. The van der Waals surface area contributed by atoms with Gasteiger partial charge in [-0.25, -0.2) is 4.79 Å². The lowest BCUT2D eigenvalue weighted by atomic mass is 9.75. The number of piperidine rings is 2. The number of ether oxygens (including phenoxy) is 1. The van der Waals surface area contributed by atoms with Gasteiger partial charge in [0.25, 0.3) is 0 Å². The highest BCUT2D eigenvalue weighted by molar-refractivity contribution is 5.69. The van der Waals surface area contributed by atoms with Crippen LogP contribution >= 0.6 is 0 Å². The molecule has 1 saturated carbocycles. The topological polar surface area (TPSA) is 75.8 Å². The minimum absolute atomic E-state index is 0.176. The van der Waals surface area contributed by atoms with Crippen LogP contribution in [0, 0.1) is 5.92 Å². The number of rotatable bonds is 0. The Balaban J connectivity index is 2.06. The molecule has 3 aliphatic rings. The molecule has 0 aromatic rings. The molecule has 2 bridgehead atoms. The lowest BCUT2D eigenvalue weighted by molar-refractivity contribution is -0.0748. The Morgan fingerprint density at radius 2 is 2.06 bits per heavy atom. The van der Waals surface area contributed by atoms with Crippen LogP contribution in [0.2, 0.25) is 0 Å². The first-order valence-electron chi connectivity index (χ1n) is 6.23. The van der Waals surface area contributed by atoms with Gasteiger partial charge in [-0.05, 0) is 39.5 Å². The van der Waals surface area contributed by atoms with Gasteiger partial charge in [0, 0.05) is 12.6 Å². The van der Waals surface area contributed by atoms with Gasteiger partial charge < -0.3 is 20.5 Å². The molecule has 98 valence electrons. The fraction of sp³-hybridized carbons (Fsp3) is 0.917. The van der Waals surface area contributed by atoms with Crippen LogP contribution in [0.25, 0.3) is 0 Å². The van der Waals surface area contributed by atoms with Crippen LogP contribution in [-0.4, -0.2) is 46.4 Å². The number of nitrogens with two attached hydrogens (primary N) is 1. The van der Waals surface area contributed by atoms with Crippen molar-refractivity contribution in [3.05, 3.63) is 0 Å². The molecule has 3 fully saturated rings. The average molecular weight is 242 g/mol. The molecule has 0 aromatic heterocycles. The summed E-state index contributed by atoms with van der Waals surface area (Å²) in [5.74, 6) is 0.197. The van der Waals surface area contributed by atoms with Crippen LogP contribution < -0.4 is 5.73 Å². The predicted octanol–water partition coefficient (Wildman–Crippen LogP) is 0.704. The third-order valence-corrected chi connectivity index (χ3v) is 3.63. The molecule has 3 N–H and O–H groups in total.